The summed E-state index contributed by atoms with van der Waals surface area (Å²) in [5, 5.41) is 18.6. The molecule has 1 saturated carbocycles. The summed E-state index contributed by atoms with van der Waals surface area (Å²) in [6, 6.07) is 5.33. The number of rotatable bonds is 9. The largest absolute Gasteiger partial charge is 0.573 e. The molecule has 2 aromatic rings. The monoisotopic (exact) mass is 489 g/mol. The Morgan fingerprint density at radius 1 is 1.34 bits per heavy atom. The number of halogens is 3. The molecule has 0 aliphatic heterocycles. The highest BCUT2D eigenvalue weighted by Gasteiger charge is 2.32. The Morgan fingerprint density at radius 2 is 2.00 bits per heavy atom. The van der Waals surface area contributed by atoms with Crippen LogP contribution in [0.5, 0.6) is 5.75 Å². The molecule has 1 aliphatic rings. The van der Waals surface area contributed by atoms with Crippen molar-refractivity contribution in [1.82, 2.24) is 15.1 Å². The van der Waals surface area contributed by atoms with E-state index in [0.717, 1.165) is 23.3 Å². The number of benzene rings is 1. The molecule has 0 spiro atoms. The highest BCUT2D eigenvalue weighted by atomic mass is 19.4. The van der Waals surface area contributed by atoms with Gasteiger partial charge in [-0.05, 0) is 60.6 Å². The first kappa shape index (κ1) is 26.3. The molecule has 6 nitrogen and oxygen atoms in total. The fourth-order valence-electron chi connectivity index (χ4n) is 3.88. The zero-order valence-corrected chi connectivity index (χ0v) is 19.8. The minimum Gasteiger partial charge on any atom is -0.406 e. The Labute approximate surface area is 202 Å². The zero-order valence-electron chi connectivity index (χ0n) is 19.8. The topological polar surface area (TPSA) is 76.4 Å². The zero-order chi connectivity index (χ0) is 25.8. The van der Waals surface area contributed by atoms with Crippen LogP contribution in [0.25, 0.3) is 17.8 Å². The number of hydrogen-bond donors (Lipinski definition) is 2. The van der Waals surface area contributed by atoms with Crippen molar-refractivity contribution in [3.8, 4) is 11.4 Å². The second-order valence-corrected chi connectivity index (χ2v) is 8.67. The molecule has 1 fully saturated rings. The molecule has 1 aromatic heterocycles. The Morgan fingerprint density at radius 3 is 2.54 bits per heavy atom. The maximum absolute atomic E-state index is 12.5. The van der Waals surface area contributed by atoms with Crippen molar-refractivity contribution in [1.29, 1.82) is 0 Å². The number of hydrogen-bond acceptors (Lipinski definition) is 4. The molecular weight excluding hydrogens is 459 g/mol. The molecule has 188 valence electrons. The van der Waals surface area contributed by atoms with Crippen LogP contribution in [-0.2, 0) is 11.3 Å². The van der Waals surface area contributed by atoms with Crippen molar-refractivity contribution in [2.75, 3.05) is 0 Å². The first-order valence-electron chi connectivity index (χ1n) is 11.5. The Hall–Kier alpha value is -3.33. The van der Waals surface area contributed by atoms with Crippen LogP contribution in [0, 0.1) is 11.8 Å². The molecule has 1 atom stereocenters. The lowest BCUT2D eigenvalue weighted by atomic mass is 9.76. The van der Waals surface area contributed by atoms with Crippen molar-refractivity contribution in [3.63, 3.8) is 0 Å². The smallest absolute Gasteiger partial charge is 0.406 e. The number of aromatic nitrogens is 2. The van der Waals surface area contributed by atoms with Gasteiger partial charge in [0.25, 0.3) is 0 Å². The van der Waals surface area contributed by atoms with Crippen LogP contribution in [0.15, 0.2) is 49.1 Å². The molecule has 1 amide bonds. The number of carbonyl (C=O) groups is 1. The van der Waals surface area contributed by atoms with Gasteiger partial charge in [-0.3, -0.25) is 4.79 Å². The molecule has 1 aromatic carbocycles. The summed E-state index contributed by atoms with van der Waals surface area (Å²) in [5.41, 5.74) is 2.02. The molecule has 1 aliphatic carbocycles. The SMILES string of the molecule is C=CC(=O)NCc1nn(-c2ccc(OC(F)(F)F)cc2)c(=C)/c1=C(\C=C/C(C)CC)C1CC(O)C1. The van der Waals surface area contributed by atoms with E-state index >= 15 is 0 Å². The van der Waals surface area contributed by atoms with Gasteiger partial charge in [0.2, 0.25) is 5.91 Å². The second kappa shape index (κ2) is 10.9. The van der Waals surface area contributed by atoms with Crippen LogP contribution in [0.3, 0.4) is 0 Å². The van der Waals surface area contributed by atoms with Gasteiger partial charge >= 0.3 is 6.36 Å². The van der Waals surface area contributed by atoms with E-state index in [1.807, 2.05) is 6.08 Å². The van der Waals surface area contributed by atoms with Gasteiger partial charge in [-0.2, -0.15) is 5.10 Å². The fourth-order valence-corrected chi connectivity index (χ4v) is 3.88. The third-order valence-electron chi connectivity index (χ3n) is 6.07. The van der Waals surface area contributed by atoms with Gasteiger partial charge in [0.1, 0.15) is 5.75 Å². The molecule has 1 unspecified atom stereocenters. The van der Waals surface area contributed by atoms with Gasteiger partial charge < -0.3 is 15.2 Å². The van der Waals surface area contributed by atoms with Gasteiger partial charge in [0.15, 0.2) is 0 Å². The Bertz CT molecular complexity index is 1190. The number of alkyl halides is 3. The molecule has 0 saturated heterocycles. The number of nitrogens with one attached hydrogen (secondary N) is 1. The predicted molar refractivity (Wildman–Crippen MR) is 128 cm³/mol. The van der Waals surface area contributed by atoms with Gasteiger partial charge in [0.05, 0.1) is 29.4 Å². The van der Waals surface area contributed by atoms with E-state index in [1.165, 1.54) is 28.9 Å². The summed E-state index contributed by atoms with van der Waals surface area (Å²) < 4.78 is 43.1. The maximum Gasteiger partial charge on any atom is 0.573 e. The molecule has 2 N–H and O–H groups in total. The normalized spacial score (nSPS) is 19.7. The van der Waals surface area contributed by atoms with Crippen LogP contribution in [0.2, 0.25) is 0 Å². The third kappa shape index (κ3) is 6.63. The average molecular weight is 490 g/mol. The maximum atomic E-state index is 12.5. The summed E-state index contributed by atoms with van der Waals surface area (Å²) >= 11 is 0. The first-order valence-corrected chi connectivity index (χ1v) is 11.5. The standard InChI is InChI=1S/C26H30F3N3O3/c1-5-16(3)7-12-22(18-13-20(33)14-18)25-17(4)32(31-23(25)15-30-24(34)6-2)19-8-10-21(11-9-19)35-26(27,28)29/h6-12,16,18,20,33H,2,4-5,13-15H2,1,3H3,(H,30,34)/b12-7-,25-22-. The summed E-state index contributed by atoms with van der Waals surface area (Å²) in [6.45, 7) is 12.0. The van der Waals surface area contributed by atoms with Crippen molar-refractivity contribution < 1.29 is 27.8 Å². The second-order valence-electron chi connectivity index (χ2n) is 8.67. The van der Waals surface area contributed by atoms with Crippen molar-refractivity contribution >= 4 is 18.1 Å². The van der Waals surface area contributed by atoms with Crippen LogP contribution in [0.4, 0.5) is 13.2 Å². The fraction of sp³-hybridized carbons (Fsp3) is 0.385. The van der Waals surface area contributed by atoms with Gasteiger partial charge in [0, 0.05) is 5.22 Å². The predicted octanol–water partition coefficient (Wildman–Crippen LogP) is 3.51. The summed E-state index contributed by atoms with van der Waals surface area (Å²) in [7, 11) is 0. The lowest BCUT2D eigenvalue weighted by molar-refractivity contribution is -0.274. The van der Waals surface area contributed by atoms with Crippen molar-refractivity contribution in [2.45, 2.75) is 52.1 Å². The van der Waals surface area contributed by atoms with Crippen LogP contribution < -0.4 is 20.6 Å². The quantitative estimate of drug-likeness (QED) is 0.529. The van der Waals surface area contributed by atoms with E-state index in [4.69, 9.17) is 0 Å². The van der Waals surface area contributed by atoms with E-state index < -0.39 is 6.36 Å². The number of nitrogens with zero attached hydrogens (tertiary/aromatic N) is 2. The van der Waals surface area contributed by atoms with E-state index in [1.54, 1.807) is 0 Å². The molecule has 35 heavy (non-hydrogen) atoms. The number of aliphatic hydroxyl groups is 1. The third-order valence-corrected chi connectivity index (χ3v) is 6.07. The molecule has 9 heteroatoms. The van der Waals surface area contributed by atoms with Gasteiger partial charge in [-0.15, -0.1) is 13.2 Å². The molecule has 0 bridgehead atoms. The van der Waals surface area contributed by atoms with E-state index in [9.17, 15) is 23.1 Å². The summed E-state index contributed by atoms with van der Waals surface area (Å²) in [5.74, 6) is -0.270. The average Bonchev–Trinajstić information content (AvgIpc) is 3.11. The van der Waals surface area contributed by atoms with E-state index in [0.29, 0.717) is 35.5 Å². The van der Waals surface area contributed by atoms with Gasteiger partial charge in [-0.1, -0.05) is 45.6 Å². The number of allylic oxidation sites excluding steroid dienone is 2. The number of carbonyl (C=O) groups excluding carboxylic acids is 1. The molecule has 0 radical (unpaired) electrons. The van der Waals surface area contributed by atoms with Gasteiger partial charge in [-0.25, -0.2) is 4.68 Å². The minimum atomic E-state index is -4.78. The highest BCUT2D eigenvalue weighted by Crippen LogP contribution is 2.35. The number of ether oxygens (including phenoxy) is 1. The van der Waals surface area contributed by atoms with Crippen molar-refractivity contribution in [3.05, 3.63) is 65.3 Å². The summed E-state index contributed by atoms with van der Waals surface area (Å²) in [4.78, 5) is 11.8. The van der Waals surface area contributed by atoms with Crippen LogP contribution >= 0.6 is 0 Å². The van der Waals surface area contributed by atoms with Crippen molar-refractivity contribution in [2.24, 2.45) is 11.8 Å². The molecule has 1 heterocycles. The van der Waals surface area contributed by atoms with E-state index in [-0.39, 0.29) is 30.2 Å². The van der Waals surface area contributed by atoms with Crippen LogP contribution in [0.1, 0.15) is 38.8 Å². The highest BCUT2D eigenvalue weighted by molar-refractivity contribution is 5.86. The lowest BCUT2D eigenvalue weighted by Gasteiger charge is -2.32. The number of amides is 1. The number of aliphatic hydroxyl groups excluding tert-OH is 1. The molecular formula is C26H30F3N3O3. The lowest BCUT2D eigenvalue weighted by Crippen LogP contribution is -2.38. The minimum absolute atomic E-state index is 0.0971. The first-order chi connectivity index (χ1) is 16.5. The Kier molecular flexibility index (Phi) is 8.22. The van der Waals surface area contributed by atoms with E-state index in [2.05, 4.69) is 48.2 Å². The summed E-state index contributed by atoms with van der Waals surface area (Å²) in [6.07, 6.45) is 2.32. The van der Waals surface area contributed by atoms with Crippen LogP contribution in [-0.4, -0.2) is 33.3 Å². The Balaban J connectivity index is 2.14. The molecule has 3 rings (SSSR count).